The first kappa shape index (κ1) is 20.5. The molecule has 1 aromatic heterocycles. The van der Waals surface area contributed by atoms with Crippen molar-refractivity contribution in [1.82, 2.24) is 14.8 Å². The van der Waals surface area contributed by atoms with Crippen LogP contribution in [0.5, 0.6) is 0 Å². The highest BCUT2D eigenvalue weighted by Crippen LogP contribution is 2.23. The first-order valence-electron chi connectivity index (χ1n) is 10.9. The number of benzene rings is 1. The van der Waals surface area contributed by atoms with Gasteiger partial charge >= 0.3 is 0 Å². The molecule has 2 amide bonds. The second-order valence-electron chi connectivity index (χ2n) is 8.26. The quantitative estimate of drug-likeness (QED) is 0.740. The van der Waals surface area contributed by atoms with E-state index in [1.807, 2.05) is 54.5 Å². The Morgan fingerprint density at radius 1 is 1.10 bits per heavy atom. The normalized spacial score (nSPS) is 18.0. The third-order valence-corrected chi connectivity index (χ3v) is 6.33. The predicted octanol–water partition coefficient (Wildman–Crippen LogP) is 2.99. The van der Waals surface area contributed by atoms with Crippen LogP contribution in [0.15, 0.2) is 48.7 Å². The maximum absolute atomic E-state index is 13.0. The SMILES string of the molecule is CN(C(=O)c1ccc(N2CCCC2=O)cc1)C1CCN(CCc2ccccn2)CC1. The van der Waals surface area contributed by atoms with Crippen LogP contribution in [-0.2, 0) is 11.2 Å². The van der Waals surface area contributed by atoms with Crippen molar-refractivity contribution in [3.8, 4) is 0 Å². The van der Waals surface area contributed by atoms with Crippen molar-refractivity contribution in [2.24, 2.45) is 0 Å². The van der Waals surface area contributed by atoms with E-state index in [9.17, 15) is 9.59 Å². The van der Waals surface area contributed by atoms with Gasteiger partial charge in [0.2, 0.25) is 5.91 Å². The van der Waals surface area contributed by atoms with Crippen molar-refractivity contribution < 1.29 is 9.59 Å². The van der Waals surface area contributed by atoms with Crippen LogP contribution in [0.1, 0.15) is 41.7 Å². The lowest BCUT2D eigenvalue weighted by atomic mass is 10.0. The number of amides is 2. The summed E-state index contributed by atoms with van der Waals surface area (Å²) in [6.07, 6.45) is 6.31. The van der Waals surface area contributed by atoms with Crippen molar-refractivity contribution in [3.63, 3.8) is 0 Å². The monoisotopic (exact) mass is 406 g/mol. The number of rotatable bonds is 6. The Labute approximate surface area is 178 Å². The van der Waals surface area contributed by atoms with Gasteiger partial charge in [-0.15, -0.1) is 0 Å². The molecular weight excluding hydrogens is 376 g/mol. The number of hydrogen-bond acceptors (Lipinski definition) is 4. The minimum Gasteiger partial charge on any atom is -0.339 e. The molecule has 4 rings (SSSR count). The molecule has 2 aromatic rings. The number of carbonyl (C=O) groups excluding carboxylic acids is 2. The third-order valence-electron chi connectivity index (χ3n) is 6.33. The van der Waals surface area contributed by atoms with E-state index in [2.05, 4.69) is 16.0 Å². The lowest BCUT2D eigenvalue weighted by molar-refractivity contribution is -0.117. The minimum atomic E-state index is 0.0567. The molecule has 0 N–H and O–H groups in total. The van der Waals surface area contributed by atoms with Gasteiger partial charge in [0, 0.05) is 75.3 Å². The van der Waals surface area contributed by atoms with Gasteiger partial charge in [-0.1, -0.05) is 6.07 Å². The Bertz CT molecular complexity index is 861. The Morgan fingerprint density at radius 3 is 2.50 bits per heavy atom. The van der Waals surface area contributed by atoms with E-state index in [-0.39, 0.29) is 17.9 Å². The number of pyridine rings is 1. The molecule has 0 radical (unpaired) electrons. The summed E-state index contributed by atoms with van der Waals surface area (Å²) in [7, 11) is 1.91. The van der Waals surface area contributed by atoms with E-state index in [1.165, 1.54) is 0 Å². The molecule has 0 aliphatic carbocycles. The van der Waals surface area contributed by atoms with E-state index < -0.39 is 0 Å². The Balaban J connectivity index is 1.27. The van der Waals surface area contributed by atoms with E-state index in [0.717, 1.165) is 63.2 Å². The number of aromatic nitrogens is 1. The van der Waals surface area contributed by atoms with Crippen LogP contribution in [0, 0.1) is 0 Å². The summed E-state index contributed by atoms with van der Waals surface area (Å²) in [6.45, 7) is 3.79. The molecule has 2 saturated heterocycles. The predicted molar refractivity (Wildman–Crippen MR) is 118 cm³/mol. The summed E-state index contributed by atoms with van der Waals surface area (Å²) in [5, 5.41) is 0. The van der Waals surface area contributed by atoms with E-state index in [0.29, 0.717) is 12.0 Å². The van der Waals surface area contributed by atoms with Crippen molar-refractivity contribution in [2.45, 2.75) is 38.1 Å². The van der Waals surface area contributed by atoms with Crippen molar-refractivity contribution in [2.75, 3.05) is 38.1 Å². The highest BCUT2D eigenvalue weighted by Gasteiger charge is 2.26. The second-order valence-corrected chi connectivity index (χ2v) is 8.26. The van der Waals surface area contributed by atoms with Crippen LogP contribution in [0.25, 0.3) is 0 Å². The van der Waals surface area contributed by atoms with Crippen molar-refractivity contribution >= 4 is 17.5 Å². The number of hydrogen-bond donors (Lipinski definition) is 0. The molecule has 0 spiro atoms. The van der Waals surface area contributed by atoms with Gasteiger partial charge in [-0.25, -0.2) is 0 Å². The van der Waals surface area contributed by atoms with Crippen LogP contribution in [0.2, 0.25) is 0 Å². The molecule has 0 saturated carbocycles. The Morgan fingerprint density at radius 2 is 1.87 bits per heavy atom. The fourth-order valence-corrected chi connectivity index (χ4v) is 4.42. The topological polar surface area (TPSA) is 56.8 Å². The van der Waals surface area contributed by atoms with E-state index in [1.54, 1.807) is 4.90 Å². The molecule has 2 fully saturated rings. The van der Waals surface area contributed by atoms with E-state index in [4.69, 9.17) is 0 Å². The lowest BCUT2D eigenvalue weighted by Crippen LogP contribution is -2.46. The van der Waals surface area contributed by atoms with Crippen molar-refractivity contribution in [3.05, 3.63) is 59.9 Å². The summed E-state index contributed by atoms with van der Waals surface area (Å²) in [4.78, 5) is 35.4. The highest BCUT2D eigenvalue weighted by atomic mass is 16.2. The second kappa shape index (κ2) is 9.39. The van der Waals surface area contributed by atoms with Crippen LogP contribution < -0.4 is 4.90 Å². The van der Waals surface area contributed by atoms with Crippen LogP contribution in [0.3, 0.4) is 0 Å². The molecule has 2 aliphatic heterocycles. The van der Waals surface area contributed by atoms with E-state index >= 15 is 0 Å². The smallest absolute Gasteiger partial charge is 0.253 e. The summed E-state index contributed by atoms with van der Waals surface area (Å²) in [5.41, 5.74) is 2.70. The summed E-state index contributed by atoms with van der Waals surface area (Å²) >= 11 is 0. The van der Waals surface area contributed by atoms with Gasteiger partial charge in [0.15, 0.2) is 0 Å². The molecule has 0 atom stereocenters. The van der Waals surface area contributed by atoms with Crippen molar-refractivity contribution in [1.29, 1.82) is 0 Å². The average molecular weight is 407 g/mol. The zero-order valence-electron chi connectivity index (χ0n) is 17.7. The zero-order chi connectivity index (χ0) is 20.9. The molecule has 6 nitrogen and oxygen atoms in total. The van der Waals surface area contributed by atoms with Gasteiger partial charge in [-0.2, -0.15) is 0 Å². The van der Waals surface area contributed by atoms with Crippen LogP contribution in [-0.4, -0.2) is 65.9 Å². The van der Waals surface area contributed by atoms with Gasteiger partial charge in [-0.3, -0.25) is 14.6 Å². The number of likely N-dealkylation sites (tertiary alicyclic amines) is 1. The van der Waals surface area contributed by atoms with Gasteiger partial charge in [0.05, 0.1) is 0 Å². The number of nitrogens with zero attached hydrogens (tertiary/aromatic N) is 4. The standard InChI is InChI=1S/C24H30N4O2/c1-26(21-12-17-27(18-13-21)16-11-20-5-2-3-14-25-20)24(30)19-7-9-22(10-8-19)28-15-4-6-23(28)29/h2-3,5,7-10,14,21H,4,6,11-13,15-18H2,1H3. The zero-order valence-corrected chi connectivity index (χ0v) is 17.7. The number of carbonyl (C=O) groups is 2. The lowest BCUT2D eigenvalue weighted by Gasteiger charge is -2.36. The largest absolute Gasteiger partial charge is 0.339 e. The maximum atomic E-state index is 13.0. The molecule has 30 heavy (non-hydrogen) atoms. The molecule has 158 valence electrons. The molecule has 0 bridgehead atoms. The number of anilines is 1. The highest BCUT2D eigenvalue weighted by molar-refractivity contribution is 5.97. The van der Waals surface area contributed by atoms with Gasteiger partial charge in [0.25, 0.3) is 5.91 Å². The summed E-state index contributed by atoms with van der Waals surface area (Å²) in [5.74, 6) is 0.224. The van der Waals surface area contributed by atoms with Gasteiger partial charge in [-0.05, 0) is 55.7 Å². The molecule has 0 unspecified atom stereocenters. The minimum absolute atomic E-state index is 0.0567. The fourth-order valence-electron chi connectivity index (χ4n) is 4.42. The molecular formula is C24H30N4O2. The molecule has 2 aliphatic rings. The summed E-state index contributed by atoms with van der Waals surface area (Å²) < 4.78 is 0. The van der Waals surface area contributed by atoms with Crippen LogP contribution >= 0.6 is 0 Å². The summed E-state index contributed by atoms with van der Waals surface area (Å²) in [6, 6.07) is 13.8. The Hall–Kier alpha value is -2.73. The third kappa shape index (κ3) is 4.70. The first-order valence-corrected chi connectivity index (χ1v) is 10.9. The number of piperidine rings is 1. The first-order chi connectivity index (χ1) is 14.6. The van der Waals surface area contributed by atoms with Gasteiger partial charge < -0.3 is 14.7 Å². The molecule has 1 aromatic carbocycles. The fraction of sp³-hybridized carbons (Fsp3) is 0.458. The molecule has 3 heterocycles. The molecule has 6 heteroatoms. The average Bonchev–Trinajstić information content (AvgIpc) is 3.23. The van der Waals surface area contributed by atoms with Crippen LogP contribution in [0.4, 0.5) is 5.69 Å². The Kier molecular flexibility index (Phi) is 6.43. The maximum Gasteiger partial charge on any atom is 0.253 e. The van der Waals surface area contributed by atoms with Gasteiger partial charge in [0.1, 0.15) is 0 Å².